The predicted octanol–water partition coefficient (Wildman–Crippen LogP) is 2.22. The van der Waals surface area contributed by atoms with Crippen molar-refractivity contribution in [2.75, 3.05) is 23.5 Å². The first-order valence-electron chi connectivity index (χ1n) is 9.24. The summed E-state index contributed by atoms with van der Waals surface area (Å²) in [4.78, 5) is 31.9. The number of sulfone groups is 1. The highest BCUT2D eigenvalue weighted by molar-refractivity contribution is 7.91. The lowest BCUT2D eigenvalue weighted by Crippen LogP contribution is -2.45. The smallest absolute Gasteiger partial charge is 0.265 e. The molecule has 1 saturated heterocycles. The lowest BCUT2D eigenvalue weighted by atomic mass is 9.88. The standard InChI is InChI=1S/C21H20N2O5S/c1-28-16-6-4-5-15(11-16)23-20(24)18-8-3-2-7-17(18)19(21(23)25)12-22-14-9-10-29(26,27)13-14/h2-8,11-12,14,19H,9-10,13H2,1H3/t14-,19+/m1/s1. The monoisotopic (exact) mass is 412 g/mol. The Bertz CT molecular complexity index is 1110. The van der Waals surface area contributed by atoms with Gasteiger partial charge in [-0.15, -0.1) is 0 Å². The van der Waals surface area contributed by atoms with Crippen molar-refractivity contribution in [3.8, 4) is 5.75 Å². The van der Waals surface area contributed by atoms with Gasteiger partial charge in [0.25, 0.3) is 5.91 Å². The van der Waals surface area contributed by atoms with Gasteiger partial charge in [0.1, 0.15) is 5.75 Å². The van der Waals surface area contributed by atoms with Crippen LogP contribution in [0.15, 0.2) is 53.5 Å². The Morgan fingerprint density at radius 2 is 1.93 bits per heavy atom. The Balaban J connectivity index is 1.73. The van der Waals surface area contributed by atoms with Crippen LogP contribution < -0.4 is 9.64 Å². The minimum Gasteiger partial charge on any atom is -0.497 e. The molecule has 7 nitrogen and oxygen atoms in total. The first-order valence-corrected chi connectivity index (χ1v) is 11.1. The van der Waals surface area contributed by atoms with Crippen LogP contribution in [0, 0.1) is 0 Å². The van der Waals surface area contributed by atoms with E-state index in [0.29, 0.717) is 29.0 Å². The fourth-order valence-corrected chi connectivity index (χ4v) is 5.33. The predicted molar refractivity (Wildman–Crippen MR) is 110 cm³/mol. The molecule has 0 bridgehead atoms. The van der Waals surface area contributed by atoms with E-state index >= 15 is 0 Å². The zero-order valence-corrected chi connectivity index (χ0v) is 16.6. The van der Waals surface area contributed by atoms with Crippen molar-refractivity contribution < 1.29 is 22.7 Å². The molecule has 2 amide bonds. The van der Waals surface area contributed by atoms with Crippen LogP contribution >= 0.6 is 0 Å². The molecule has 2 aromatic carbocycles. The number of ether oxygens (including phenoxy) is 1. The average molecular weight is 412 g/mol. The number of imide groups is 1. The number of carbonyl (C=O) groups excluding carboxylic acids is 2. The van der Waals surface area contributed by atoms with Crippen LogP contribution in [-0.2, 0) is 14.6 Å². The average Bonchev–Trinajstić information content (AvgIpc) is 3.07. The van der Waals surface area contributed by atoms with Gasteiger partial charge in [-0.25, -0.2) is 13.3 Å². The van der Waals surface area contributed by atoms with Gasteiger partial charge >= 0.3 is 0 Å². The van der Waals surface area contributed by atoms with Gasteiger partial charge in [-0.1, -0.05) is 24.3 Å². The number of hydrogen-bond donors (Lipinski definition) is 0. The number of rotatable bonds is 4. The molecule has 4 rings (SSSR count). The van der Waals surface area contributed by atoms with E-state index in [4.69, 9.17) is 4.74 Å². The van der Waals surface area contributed by atoms with Crippen molar-refractivity contribution >= 4 is 33.6 Å². The second-order valence-electron chi connectivity index (χ2n) is 7.10. The summed E-state index contributed by atoms with van der Waals surface area (Å²) < 4.78 is 28.6. The van der Waals surface area contributed by atoms with Gasteiger partial charge in [0.2, 0.25) is 5.91 Å². The first-order chi connectivity index (χ1) is 13.9. The van der Waals surface area contributed by atoms with E-state index in [1.54, 1.807) is 48.5 Å². The maximum Gasteiger partial charge on any atom is 0.265 e. The first kappa shape index (κ1) is 19.3. The van der Waals surface area contributed by atoms with Crippen molar-refractivity contribution in [1.29, 1.82) is 0 Å². The normalized spacial score (nSPS) is 23.4. The number of anilines is 1. The largest absolute Gasteiger partial charge is 0.497 e. The van der Waals surface area contributed by atoms with Crippen LogP contribution in [0.5, 0.6) is 5.75 Å². The molecule has 0 spiro atoms. The van der Waals surface area contributed by atoms with Crippen LogP contribution in [-0.4, -0.2) is 51.1 Å². The molecule has 8 heteroatoms. The lowest BCUT2D eigenvalue weighted by Gasteiger charge is -2.31. The number of carbonyl (C=O) groups is 2. The quantitative estimate of drug-likeness (QED) is 0.567. The van der Waals surface area contributed by atoms with Gasteiger partial charge in [-0.05, 0) is 30.2 Å². The van der Waals surface area contributed by atoms with Crippen LogP contribution in [0.2, 0.25) is 0 Å². The van der Waals surface area contributed by atoms with Crippen molar-refractivity contribution in [1.82, 2.24) is 0 Å². The fourth-order valence-electron chi connectivity index (χ4n) is 3.69. The maximum atomic E-state index is 13.3. The third-order valence-electron chi connectivity index (χ3n) is 5.18. The molecule has 0 radical (unpaired) electrons. The van der Waals surface area contributed by atoms with E-state index in [1.807, 2.05) is 0 Å². The Kier molecular flexibility index (Phi) is 4.96. The maximum absolute atomic E-state index is 13.3. The summed E-state index contributed by atoms with van der Waals surface area (Å²) in [6, 6.07) is 13.3. The molecule has 2 heterocycles. The molecule has 2 aliphatic rings. The van der Waals surface area contributed by atoms with E-state index in [9.17, 15) is 18.0 Å². The summed E-state index contributed by atoms with van der Waals surface area (Å²) in [5, 5.41) is 0. The van der Waals surface area contributed by atoms with E-state index in [1.165, 1.54) is 13.3 Å². The van der Waals surface area contributed by atoms with Gasteiger partial charge < -0.3 is 4.74 Å². The second-order valence-corrected chi connectivity index (χ2v) is 9.33. The highest BCUT2D eigenvalue weighted by Crippen LogP contribution is 2.33. The van der Waals surface area contributed by atoms with Crippen LogP contribution in [0.1, 0.15) is 28.3 Å². The Hall–Kier alpha value is -3.00. The number of nitrogens with zero attached hydrogens (tertiary/aromatic N) is 2. The van der Waals surface area contributed by atoms with E-state index in [2.05, 4.69) is 4.99 Å². The van der Waals surface area contributed by atoms with E-state index < -0.39 is 27.6 Å². The lowest BCUT2D eigenvalue weighted by molar-refractivity contribution is -0.118. The topological polar surface area (TPSA) is 93.1 Å². The molecule has 2 atom stereocenters. The van der Waals surface area contributed by atoms with Crippen molar-refractivity contribution in [2.24, 2.45) is 4.99 Å². The van der Waals surface area contributed by atoms with E-state index in [0.717, 1.165) is 4.90 Å². The second kappa shape index (κ2) is 7.44. The number of benzene rings is 2. The van der Waals surface area contributed by atoms with Gasteiger partial charge in [0, 0.05) is 17.8 Å². The summed E-state index contributed by atoms with van der Waals surface area (Å²) in [7, 11) is -1.56. The summed E-state index contributed by atoms with van der Waals surface area (Å²) in [6.45, 7) is 0. The summed E-state index contributed by atoms with van der Waals surface area (Å²) >= 11 is 0. The number of amides is 2. The third-order valence-corrected chi connectivity index (χ3v) is 6.93. The Morgan fingerprint density at radius 3 is 2.66 bits per heavy atom. The number of fused-ring (bicyclic) bond motifs is 1. The van der Waals surface area contributed by atoms with E-state index in [-0.39, 0.29) is 17.5 Å². The zero-order chi connectivity index (χ0) is 20.6. The summed E-state index contributed by atoms with van der Waals surface area (Å²) in [5.74, 6) is -0.969. The van der Waals surface area contributed by atoms with Crippen molar-refractivity contribution in [3.63, 3.8) is 0 Å². The summed E-state index contributed by atoms with van der Waals surface area (Å²) in [6.07, 6.45) is 1.94. The molecule has 0 aromatic heterocycles. The van der Waals surface area contributed by atoms with Crippen molar-refractivity contribution in [2.45, 2.75) is 18.4 Å². The Labute approximate surface area is 168 Å². The van der Waals surface area contributed by atoms with Crippen LogP contribution in [0.25, 0.3) is 0 Å². The highest BCUT2D eigenvalue weighted by atomic mass is 32.2. The molecule has 0 N–H and O–H groups in total. The van der Waals surface area contributed by atoms with Gasteiger partial charge in [0.15, 0.2) is 9.84 Å². The van der Waals surface area contributed by atoms with Crippen molar-refractivity contribution in [3.05, 3.63) is 59.7 Å². The molecule has 0 saturated carbocycles. The fraction of sp³-hybridized carbons (Fsp3) is 0.286. The molecule has 0 unspecified atom stereocenters. The Morgan fingerprint density at radius 1 is 1.14 bits per heavy atom. The molecule has 2 aliphatic heterocycles. The van der Waals surface area contributed by atoms with Gasteiger partial charge in [-0.2, -0.15) is 0 Å². The minimum atomic E-state index is -3.07. The number of methoxy groups -OCH3 is 1. The molecule has 150 valence electrons. The minimum absolute atomic E-state index is 0.00934. The number of aliphatic imine (C=N–C) groups is 1. The van der Waals surface area contributed by atoms with Crippen LogP contribution in [0.4, 0.5) is 5.69 Å². The molecule has 2 aromatic rings. The summed E-state index contributed by atoms with van der Waals surface area (Å²) in [5.41, 5.74) is 1.41. The SMILES string of the molecule is COc1cccc(N2C(=O)c3ccccc3[C@H](C=N[C@@H]3CCS(=O)(=O)C3)C2=O)c1. The molecular formula is C21H20N2O5S. The van der Waals surface area contributed by atoms with Crippen LogP contribution in [0.3, 0.4) is 0 Å². The molecule has 0 aliphatic carbocycles. The molecular weight excluding hydrogens is 392 g/mol. The van der Waals surface area contributed by atoms with Gasteiger partial charge in [-0.3, -0.25) is 14.6 Å². The highest BCUT2D eigenvalue weighted by Gasteiger charge is 2.39. The third kappa shape index (κ3) is 3.67. The zero-order valence-electron chi connectivity index (χ0n) is 15.8. The molecule has 29 heavy (non-hydrogen) atoms. The number of hydrogen-bond acceptors (Lipinski definition) is 6. The molecule has 1 fully saturated rings. The van der Waals surface area contributed by atoms with Gasteiger partial charge in [0.05, 0.1) is 36.3 Å².